The first-order valence-electron chi connectivity index (χ1n) is 8.16. The van der Waals surface area contributed by atoms with E-state index in [1.165, 1.54) is 28.3 Å². The number of benzene rings is 2. The normalized spacial score (nSPS) is 9.87. The lowest BCUT2D eigenvalue weighted by molar-refractivity contribution is -0.0598. The van der Waals surface area contributed by atoms with Crippen LogP contribution >= 0.6 is 50.7 Å². The second-order valence-electron chi connectivity index (χ2n) is 5.48. The third kappa shape index (κ3) is 8.55. The molecule has 0 atom stereocenters. The van der Waals surface area contributed by atoms with Gasteiger partial charge in [-0.3, -0.25) is 9.68 Å². The van der Waals surface area contributed by atoms with Crippen LogP contribution in [0.15, 0.2) is 40.9 Å². The van der Waals surface area contributed by atoms with Crippen LogP contribution in [0.1, 0.15) is 0 Å². The molecule has 0 aliphatic heterocycles. The number of hydrogen-bond acceptors (Lipinski definition) is 4. The Morgan fingerprint density at radius 1 is 0.800 bits per heavy atom. The predicted molar refractivity (Wildman–Crippen MR) is 123 cm³/mol. The van der Waals surface area contributed by atoms with Gasteiger partial charge < -0.3 is 10.6 Å². The Hall–Kier alpha value is -1.75. The third-order valence-electron chi connectivity index (χ3n) is 3.46. The van der Waals surface area contributed by atoms with Gasteiger partial charge in [-0.15, -0.1) is 0 Å². The summed E-state index contributed by atoms with van der Waals surface area (Å²) < 4.78 is 0.780. The molecule has 0 saturated heterocycles. The van der Waals surface area contributed by atoms with E-state index in [1.54, 1.807) is 36.4 Å². The van der Waals surface area contributed by atoms with Gasteiger partial charge in [0.15, 0.2) is 0 Å². The molecule has 8 nitrogen and oxygen atoms in total. The molecule has 30 heavy (non-hydrogen) atoms. The highest BCUT2D eigenvalue weighted by Crippen LogP contribution is 2.26. The van der Waals surface area contributed by atoms with Gasteiger partial charge in [-0.25, -0.2) is 19.7 Å². The molecular formula is C18H20BrCl3N4O4. The molecule has 4 amide bonds. The molecule has 2 N–H and O–H groups in total. The average molecular weight is 543 g/mol. The van der Waals surface area contributed by atoms with Gasteiger partial charge in [0.2, 0.25) is 0 Å². The van der Waals surface area contributed by atoms with Crippen molar-refractivity contribution in [1.82, 2.24) is 10.1 Å². The number of urea groups is 2. The molecule has 0 aliphatic rings. The number of hydroxylamine groups is 4. The molecule has 0 saturated carbocycles. The molecule has 164 valence electrons. The third-order valence-corrected chi connectivity index (χ3v) is 5.43. The summed E-state index contributed by atoms with van der Waals surface area (Å²) in [5.41, 5.74) is 1.16. The lowest BCUT2D eigenvalue weighted by Crippen LogP contribution is -2.30. The molecular weight excluding hydrogens is 522 g/mol. The van der Waals surface area contributed by atoms with Crippen LogP contribution in [0.25, 0.3) is 0 Å². The SMILES string of the molecule is CON(C)C(=O)Nc1ccc(Br)c(Cl)c1.CON(C)C(=O)Nc1ccc(Cl)c(Cl)c1. The largest absolute Gasteiger partial charge is 0.345 e. The van der Waals surface area contributed by atoms with Crippen molar-refractivity contribution in [3.05, 3.63) is 55.9 Å². The Labute approximate surface area is 198 Å². The van der Waals surface area contributed by atoms with Crippen molar-refractivity contribution in [2.75, 3.05) is 38.9 Å². The first-order chi connectivity index (χ1) is 14.1. The Balaban J connectivity index is 0.000000300. The molecule has 0 aromatic heterocycles. The van der Waals surface area contributed by atoms with Crippen molar-refractivity contribution in [1.29, 1.82) is 0 Å². The number of nitrogens with one attached hydrogen (secondary N) is 2. The zero-order chi connectivity index (χ0) is 22.8. The number of rotatable bonds is 4. The molecule has 0 bridgehead atoms. The number of halogens is 4. The maximum atomic E-state index is 11.4. The molecule has 2 aromatic rings. The number of nitrogens with zero attached hydrogens (tertiary/aromatic N) is 2. The van der Waals surface area contributed by atoms with E-state index in [4.69, 9.17) is 44.5 Å². The minimum atomic E-state index is -0.393. The second kappa shape index (κ2) is 12.8. The van der Waals surface area contributed by atoms with Crippen LogP contribution in [0.4, 0.5) is 21.0 Å². The van der Waals surface area contributed by atoms with Crippen LogP contribution in [0, 0.1) is 0 Å². The summed E-state index contributed by atoms with van der Waals surface area (Å²) in [6, 6.07) is 9.19. The summed E-state index contributed by atoms with van der Waals surface area (Å²) in [6.07, 6.45) is 0. The van der Waals surface area contributed by atoms with Gasteiger partial charge >= 0.3 is 12.1 Å². The Bertz CT molecular complexity index is 817. The van der Waals surface area contributed by atoms with Crippen LogP contribution in [-0.2, 0) is 9.68 Å². The molecule has 0 spiro atoms. The number of carbonyl (C=O) groups excluding carboxylic acids is 2. The average Bonchev–Trinajstić information content (AvgIpc) is 2.72. The predicted octanol–water partition coefficient (Wildman–Crippen LogP) is 6.15. The van der Waals surface area contributed by atoms with Crippen LogP contribution in [0.2, 0.25) is 15.1 Å². The number of carbonyl (C=O) groups is 2. The summed E-state index contributed by atoms with van der Waals surface area (Å²) in [4.78, 5) is 32.1. The highest BCUT2D eigenvalue weighted by molar-refractivity contribution is 9.10. The number of hydrogen-bond donors (Lipinski definition) is 2. The smallest absolute Gasteiger partial charge is 0.306 e. The summed E-state index contributed by atoms with van der Waals surface area (Å²) in [6.45, 7) is 0. The Morgan fingerprint density at radius 2 is 1.23 bits per heavy atom. The molecule has 0 fully saturated rings. The second-order valence-corrected chi connectivity index (χ2v) is 7.55. The monoisotopic (exact) mass is 540 g/mol. The highest BCUT2D eigenvalue weighted by atomic mass is 79.9. The quantitative estimate of drug-likeness (QED) is 0.454. The molecule has 2 rings (SSSR count). The minimum Gasteiger partial charge on any atom is -0.306 e. The van der Waals surface area contributed by atoms with Crippen molar-refractivity contribution < 1.29 is 19.3 Å². The van der Waals surface area contributed by atoms with E-state index < -0.39 is 6.03 Å². The van der Waals surface area contributed by atoms with Crippen LogP contribution in [-0.4, -0.2) is 50.5 Å². The van der Waals surface area contributed by atoms with Gasteiger partial charge in [0.1, 0.15) is 0 Å². The van der Waals surface area contributed by atoms with Crippen molar-refractivity contribution in [3.63, 3.8) is 0 Å². The zero-order valence-electron chi connectivity index (χ0n) is 16.5. The maximum Gasteiger partial charge on any atom is 0.345 e. The van der Waals surface area contributed by atoms with Gasteiger partial charge in [-0.05, 0) is 52.3 Å². The van der Waals surface area contributed by atoms with Crippen molar-refractivity contribution in [2.45, 2.75) is 0 Å². The van der Waals surface area contributed by atoms with E-state index in [2.05, 4.69) is 26.6 Å². The molecule has 0 radical (unpaired) electrons. The van der Waals surface area contributed by atoms with Gasteiger partial charge in [0.25, 0.3) is 0 Å². The maximum absolute atomic E-state index is 11.4. The van der Waals surface area contributed by atoms with Gasteiger partial charge in [-0.1, -0.05) is 34.8 Å². The molecule has 2 aromatic carbocycles. The first kappa shape index (κ1) is 26.3. The minimum absolute atomic E-state index is 0.365. The lowest BCUT2D eigenvalue weighted by atomic mass is 10.3. The van der Waals surface area contributed by atoms with Gasteiger partial charge in [0, 0.05) is 29.9 Å². The van der Waals surface area contributed by atoms with Crippen molar-refractivity contribution >= 4 is 74.2 Å². The topological polar surface area (TPSA) is 83.1 Å². The molecule has 0 unspecified atom stereocenters. The summed E-state index contributed by atoms with van der Waals surface area (Å²) in [5.74, 6) is 0. The van der Waals surface area contributed by atoms with E-state index in [1.807, 2.05) is 0 Å². The first-order valence-corrected chi connectivity index (χ1v) is 10.1. The Morgan fingerprint density at radius 3 is 1.63 bits per heavy atom. The zero-order valence-corrected chi connectivity index (χ0v) is 20.4. The van der Waals surface area contributed by atoms with E-state index in [0.29, 0.717) is 26.4 Å². The van der Waals surface area contributed by atoms with E-state index in [0.717, 1.165) is 14.6 Å². The van der Waals surface area contributed by atoms with Crippen LogP contribution in [0.3, 0.4) is 0 Å². The highest BCUT2D eigenvalue weighted by Gasteiger charge is 2.09. The standard InChI is InChI=1S/C9H10BrClN2O2.C9H10Cl2N2O2/c2*1-13(15-2)9(14)12-6-3-4-7(10)8(11)5-6/h2*3-5H,1-2H3,(H,12,14). The lowest BCUT2D eigenvalue weighted by Gasteiger charge is -2.14. The van der Waals surface area contributed by atoms with Gasteiger partial charge in [-0.2, -0.15) is 0 Å². The van der Waals surface area contributed by atoms with Gasteiger partial charge in [0.05, 0.1) is 29.3 Å². The number of amides is 4. The van der Waals surface area contributed by atoms with Crippen LogP contribution < -0.4 is 10.6 Å². The molecule has 0 aliphatic carbocycles. The fraction of sp³-hybridized carbons (Fsp3) is 0.222. The number of anilines is 2. The van der Waals surface area contributed by atoms with Crippen LogP contribution in [0.5, 0.6) is 0 Å². The summed E-state index contributed by atoms with van der Waals surface area (Å²) in [7, 11) is 5.81. The fourth-order valence-corrected chi connectivity index (χ4v) is 2.44. The summed E-state index contributed by atoms with van der Waals surface area (Å²) >= 11 is 20.6. The van der Waals surface area contributed by atoms with E-state index in [-0.39, 0.29) is 6.03 Å². The summed E-state index contributed by atoms with van der Waals surface area (Å²) in [5, 5.41) is 8.69. The van der Waals surface area contributed by atoms with Crippen molar-refractivity contribution in [3.8, 4) is 0 Å². The van der Waals surface area contributed by atoms with Crippen molar-refractivity contribution in [2.24, 2.45) is 0 Å². The van der Waals surface area contributed by atoms with E-state index in [9.17, 15) is 9.59 Å². The molecule has 0 heterocycles. The van der Waals surface area contributed by atoms with E-state index >= 15 is 0 Å². The fourth-order valence-electron chi connectivity index (χ4n) is 1.72. The molecule has 12 heteroatoms. The Kier molecular flexibility index (Phi) is 11.2.